The number of rotatable bonds is 3. The zero-order chi connectivity index (χ0) is 18.8. The molecule has 1 heterocycles. The summed E-state index contributed by atoms with van der Waals surface area (Å²) >= 11 is -0.224. The lowest BCUT2D eigenvalue weighted by atomic mass is 10.00. The van der Waals surface area contributed by atoms with Gasteiger partial charge in [0.05, 0.1) is 5.69 Å². The van der Waals surface area contributed by atoms with E-state index < -0.39 is 0 Å². The molecule has 1 aliphatic heterocycles. The van der Waals surface area contributed by atoms with Crippen molar-refractivity contribution in [3.63, 3.8) is 0 Å². The Morgan fingerprint density at radius 2 is 1.10 bits per heavy atom. The highest BCUT2D eigenvalue weighted by atomic mass is 35.5. The van der Waals surface area contributed by atoms with Gasteiger partial charge in [0, 0.05) is 16.7 Å². The van der Waals surface area contributed by atoms with E-state index in [1.807, 2.05) is 0 Å². The lowest BCUT2D eigenvalue weighted by Gasteiger charge is -2.19. The zero-order valence-electron chi connectivity index (χ0n) is 15.8. The Labute approximate surface area is 181 Å². The lowest BCUT2D eigenvalue weighted by molar-refractivity contribution is -0.00000530. The van der Waals surface area contributed by atoms with Crippen molar-refractivity contribution >= 4 is 22.3 Å². The normalized spacial score (nSPS) is 13.9. The second-order valence-corrected chi connectivity index (χ2v) is 8.30. The van der Waals surface area contributed by atoms with Crippen LogP contribution in [0.1, 0.15) is 11.1 Å². The molecule has 1 nitrogen and oxygen atoms in total. The van der Waals surface area contributed by atoms with Gasteiger partial charge in [0.2, 0.25) is 0 Å². The van der Waals surface area contributed by atoms with Gasteiger partial charge >= 0.3 is 0 Å². The number of halogens is 1. The molecule has 0 fully saturated rings. The Hall–Kier alpha value is -2.94. The molecule has 0 spiro atoms. The van der Waals surface area contributed by atoms with Crippen molar-refractivity contribution in [1.82, 2.24) is 0 Å². The van der Waals surface area contributed by atoms with Crippen molar-refractivity contribution in [2.75, 3.05) is 4.72 Å². The van der Waals surface area contributed by atoms with Crippen LogP contribution in [0.5, 0.6) is 0 Å². The van der Waals surface area contributed by atoms with Crippen LogP contribution in [0.3, 0.4) is 0 Å². The van der Waals surface area contributed by atoms with E-state index in [0.717, 1.165) is 0 Å². The predicted octanol–water partition coefficient (Wildman–Crippen LogP) is 3.76. The molecule has 1 unspecified atom stereocenters. The van der Waals surface area contributed by atoms with E-state index in [-0.39, 0.29) is 23.5 Å². The first-order valence-electron chi connectivity index (χ1n) is 9.41. The number of para-hydroxylation sites is 1. The average molecular weight is 414 g/mol. The highest BCUT2D eigenvalue weighted by Crippen LogP contribution is 2.41. The summed E-state index contributed by atoms with van der Waals surface area (Å²) in [6.45, 7) is 0. The molecular weight excluding hydrogens is 394 g/mol. The number of hydrogen-bond acceptors (Lipinski definition) is 1. The smallest absolute Gasteiger partial charge is 0.195 e. The van der Waals surface area contributed by atoms with E-state index in [9.17, 15) is 0 Å². The third-order valence-electron chi connectivity index (χ3n) is 4.97. The molecule has 0 radical (unpaired) electrons. The molecule has 1 atom stereocenters. The van der Waals surface area contributed by atoms with Crippen LogP contribution >= 0.6 is 0 Å². The van der Waals surface area contributed by atoms with Gasteiger partial charge in [-0.15, -0.1) is 0 Å². The van der Waals surface area contributed by atoms with Gasteiger partial charge < -0.3 is 12.4 Å². The molecule has 1 N–H and O–H groups in total. The molecule has 0 aromatic heterocycles. The first-order chi connectivity index (χ1) is 13.9. The van der Waals surface area contributed by atoms with Crippen LogP contribution in [-0.4, -0.2) is 0 Å². The van der Waals surface area contributed by atoms with Crippen molar-refractivity contribution in [2.24, 2.45) is 0 Å². The second-order valence-electron chi connectivity index (χ2n) is 6.75. The average Bonchev–Trinajstić information content (AvgIpc) is 2.78. The Morgan fingerprint density at radius 3 is 1.76 bits per heavy atom. The first-order valence-corrected chi connectivity index (χ1v) is 10.7. The zero-order valence-corrected chi connectivity index (χ0v) is 17.3. The van der Waals surface area contributed by atoms with Gasteiger partial charge in [-0.25, -0.2) is 0 Å². The fraction of sp³-hybridized carbons (Fsp3) is 0. The van der Waals surface area contributed by atoms with Gasteiger partial charge in [0.15, 0.2) is 21.4 Å². The minimum atomic E-state index is -0.224. The molecule has 0 amide bonds. The molecule has 0 bridgehead atoms. The summed E-state index contributed by atoms with van der Waals surface area (Å²) in [4.78, 5) is 1.34. The maximum Gasteiger partial charge on any atom is 0.195 e. The largest absolute Gasteiger partial charge is 1.00 e. The van der Waals surface area contributed by atoms with Crippen molar-refractivity contribution in [1.29, 1.82) is 0 Å². The summed E-state index contributed by atoms with van der Waals surface area (Å²) in [5.74, 6) is 0. The second kappa shape index (κ2) is 8.60. The Bertz CT molecular complexity index is 1100. The maximum absolute atomic E-state index is 3.77. The Morgan fingerprint density at radius 1 is 0.586 bits per heavy atom. The molecule has 0 saturated carbocycles. The number of fused-ring (bicyclic) bond motifs is 3. The monoisotopic (exact) mass is 413 g/mol. The topological polar surface area (TPSA) is 12.0 Å². The van der Waals surface area contributed by atoms with Crippen molar-refractivity contribution in [3.05, 3.63) is 126 Å². The molecule has 3 heteroatoms. The molecule has 0 saturated heterocycles. The maximum atomic E-state index is 3.77. The summed E-state index contributed by atoms with van der Waals surface area (Å²) in [5.41, 5.74) is 7.51. The SMILES string of the molecule is C(=C(c1ccccc1)c1ccccc1)[S+]1Nc2ccccc2-c2ccccc21.[Cl-]. The molecule has 0 aliphatic carbocycles. The summed E-state index contributed by atoms with van der Waals surface area (Å²) in [5, 5.41) is 2.39. The summed E-state index contributed by atoms with van der Waals surface area (Å²) in [6, 6.07) is 38.6. The number of hydrogen-bond donors (Lipinski definition) is 1. The van der Waals surface area contributed by atoms with Crippen LogP contribution in [0.2, 0.25) is 0 Å². The quantitative estimate of drug-likeness (QED) is 0.504. The fourth-order valence-corrected chi connectivity index (χ4v) is 5.47. The van der Waals surface area contributed by atoms with Gasteiger partial charge in [-0.1, -0.05) is 91.0 Å². The number of anilines is 1. The molecule has 4 aromatic rings. The lowest BCUT2D eigenvalue weighted by Crippen LogP contribution is -3.00. The molecule has 29 heavy (non-hydrogen) atoms. The van der Waals surface area contributed by atoms with E-state index in [4.69, 9.17) is 0 Å². The van der Waals surface area contributed by atoms with Crippen LogP contribution in [0.4, 0.5) is 5.69 Å². The third kappa shape index (κ3) is 3.82. The summed E-state index contributed by atoms with van der Waals surface area (Å²) in [7, 11) is 0. The van der Waals surface area contributed by atoms with E-state index in [1.165, 1.54) is 38.4 Å². The molecule has 1 aliphatic rings. The van der Waals surface area contributed by atoms with Gasteiger partial charge in [-0.3, -0.25) is 0 Å². The minimum absolute atomic E-state index is 0. The van der Waals surface area contributed by atoms with Crippen LogP contribution in [0, 0.1) is 0 Å². The fourth-order valence-electron chi connectivity index (χ4n) is 3.61. The highest BCUT2D eigenvalue weighted by molar-refractivity contribution is 8.01. The molecule has 142 valence electrons. The minimum Gasteiger partial charge on any atom is -1.00 e. The van der Waals surface area contributed by atoms with Crippen molar-refractivity contribution < 1.29 is 12.4 Å². The Kier molecular flexibility index (Phi) is 5.75. The highest BCUT2D eigenvalue weighted by Gasteiger charge is 2.32. The predicted molar refractivity (Wildman–Crippen MR) is 121 cm³/mol. The number of nitrogens with one attached hydrogen (secondary N) is 1. The Balaban J connectivity index is 0.00000205. The van der Waals surface area contributed by atoms with Gasteiger partial charge in [-0.05, 0) is 29.3 Å². The molecular formula is C26H20ClNS. The standard InChI is InChI=1S/C26H20NS.ClH/c1-3-11-20(12-4-1)24(21-13-5-2-6-14-21)19-28-26-18-10-8-16-23(26)22-15-7-9-17-25(22)27-28;/h1-19,27H;1H/q+1;/p-1. The van der Waals surface area contributed by atoms with Crippen LogP contribution in [0.15, 0.2) is 119 Å². The summed E-state index contributed by atoms with van der Waals surface area (Å²) < 4.78 is 3.77. The third-order valence-corrected chi connectivity index (χ3v) is 6.71. The van der Waals surface area contributed by atoms with Crippen LogP contribution in [-0.2, 0) is 11.1 Å². The van der Waals surface area contributed by atoms with Crippen molar-refractivity contribution in [3.8, 4) is 11.1 Å². The van der Waals surface area contributed by atoms with Gasteiger partial charge in [-0.2, -0.15) is 4.72 Å². The van der Waals surface area contributed by atoms with Crippen LogP contribution in [0.25, 0.3) is 16.7 Å². The molecule has 5 rings (SSSR count). The first kappa shape index (κ1) is 19.4. The number of benzene rings is 4. The van der Waals surface area contributed by atoms with E-state index in [1.54, 1.807) is 0 Å². The molecule has 4 aromatic carbocycles. The van der Waals surface area contributed by atoms with Gasteiger partial charge in [0.25, 0.3) is 0 Å². The summed E-state index contributed by atoms with van der Waals surface area (Å²) in [6.07, 6.45) is 0. The van der Waals surface area contributed by atoms with Gasteiger partial charge in [0.1, 0.15) is 0 Å². The van der Waals surface area contributed by atoms with E-state index >= 15 is 0 Å². The van der Waals surface area contributed by atoms with E-state index in [2.05, 4.69) is 119 Å². The van der Waals surface area contributed by atoms with Crippen molar-refractivity contribution in [2.45, 2.75) is 4.90 Å². The van der Waals surface area contributed by atoms with Crippen LogP contribution < -0.4 is 17.1 Å². The van der Waals surface area contributed by atoms with E-state index in [0.29, 0.717) is 0 Å².